The Morgan fingerprint density at radius 3 is 2.52 bits per heavy atom. The highest BCUT2D eigenvalue weighted by Gasteiger charge is 2.17. The SMILES string of the molecule is CC(C)CCCCCc1ccc2c(c1)-c1ccccc1C2. The number of rotatable bonds is 6. The van der Waals surface area contributed by atoms with Gasteiger partial charge in [0.2, 0.25) is 0 Å². The summed E-state index contributed by atoms with van der Waals surface area (Å²) in [5.41, 5.74) is 7.43. The first-order chi connectivity index (χ1) is 10.2. The van der Waals surface area contributed by atoms with Gasteiger partial charge in [0, 0.05) is 0 Å². The molecule has 0 unspecified atom stereocenters. The molecule has 0 saturated heterocycles. The van der Waals surface area contributed by atoms with Gasteiger partial charge in [0.05, 0.1) is 0 Å². The van der Waals surface area contributed by atoms with E-state index < -0.39 is 0 Å². The van der Waals surface area contributed by atoms with E-state index in [1.807, 2.05) is 0 Å². The van der Waals surface area contributed by atoms with Crippen LogP contribution < -0.4 is 0 Å². The molecule has 0 amide bonds. The van der Waals surface area contributed by atoms with E-state index in [0.29, 0.717) is 0 Å². The first-order valence-electron chi connectivity index (χ1n) is 8.44. The third kappa shape index (κ3) is 3.37. The molecule has 0 heteroatoms. The van der Waals surface area contributed by atoms with Crippen LogP contribution in [0.2, 0.25) is 0 Å². The van der Waals surface area contributed by atoms with Crippen molar-refractivity contribution >= 4 is 0 Å². The summed E-state index contributed by atoms with van der Waals surface area (Å²) in [6.45, 7) is 4.63. The van der Waals surface area contributed by atoms with Crippen molar-refractivity contribution in [3.05, 3.63) is 59.2 Å². The van der Waals surface area contributed by atoms with E-state index in [9.17, 15) is 0 Å². The summed E-state index contributed by atoms with van der Waals surface area (Å²) in [7, 11) is 0. The molecule has 1 aliphatic rings. The van der Waals surface area contributed by atoms with Gasteiger partial charge in [0.15, 0.2) is 0 Å². The smallest absolute Gasteiger partial charge is 0.00135 e. The zero-order chi connectivity index (χ0) is 14.7. The maximum absolute atomic E-state index is 2.43. The average molecular weight is 278 g/mol. The molecule has 21 heavy (non-hydrogen) atoms. The van der Waals surface area contributed by atoms with Crippen LogP contribution in [0, 0.1) is 5.92 Å². The van der Waals surface area contributed by atoms with E-state index in [2.05, 4.69) is 56.3 Å². The first kappa shape index (κ1) is 14.4. The van der Waals surface area contributed by atoms with Gasteiger partial charge in [0.25, 0.3) is 0 Å². The Morgan fingerprint density at radius 1 is 0.857 bits per heavy atom. The van der Waals surface area contributed by atoms with Crippen molar-refractivity contribution in [2.75, 3.05) is 0 Å². The molecule has 0 N–H and O–H groups in total. The lowest BCUT2D eigenvalue weighted by atomic mass is 9.98. The van der Waals surface area contributed by atoms with Crippen LogP contribution in [0.1, 0.15) is 56.2 Å². The minimum Gasteiger partial charge on any atom is -0.0628 e. The molecule has 0 aliphatic heterocycles. The molecule has 0 heterocycles. The van der Waals surface area contributed by atoms with Gasteiger partial charge in [-0.2, -0.15) is 0 Å². The van der Waals surface area contributed by atoms with Crippen LogP contribution in [0.4, 0.5) is 0 Å². The quantitative estimate of drug-likeness (QED) is 0.484. The second-order valence-corrected chi connectivity index (χ2v) is 6.82. The number of unbranched alkanes of at least 4 members (excludes halogenated alkanes) is 2. The molecule has 1 aliphatic carbocycles. The van der Waals surface area contributed by atoms with Crippen LogP contribution in [-0.2, 0) is 12.8 Å². The number of benzene rings is 2. The van der Waals surface area contributed by atoms with Crippen molar-refractivity contribution in [3.63, 3.8) is 0 Å². The number of fused-ring (bicyclic) bond motifs is 3. The number of hydrogen-bond donors (Lipinski definition) is 0. The summed E-state index contributed by atoms with van der Waals surface area (Å²) in [5.74, 6) is 0.849. The maximum Gasteiger partial charge on any atom is -0.00135 e. The molecule has 0 fully saturated rings. The summed E-state index contributed by atoms with van der Waals surface area (Å²) < 4.78 is 0. The standard InChI is InChI=1S/C21H26/c1-16(2)8-4-3-5-9-17-12-13-19-15-18-10-6-7-11-20(18)21(19)14-17/h6-7,10-14,16H,3-5,8-9,15H2,1-2H3. The predicted molar refractivity (Wildman–Crippen MR) is 91.7 cm³/mol. The topological polar surface area (TPSA) is 0 Å². The number of aryl methyl sites for hydroxylation is 1. The normalized spacial score (nSPS) is 12.5. The summed E-state index contributed by atoms with van der Waals surface area (Å²) in [6.07, 6.45) is 7.79. The lowest BCUT2D eigenvalue weighted by molar-refractivity contribution is 0.527. The molecule has 0 aromatic heterocycles. The van der Waals surface area contributed by atoms with E-state index >= 15 is 0 Å². The van der Waals surface area contributed by atoms with E-state index in [1.54, 1.807) is 0 Å². The fraction of sp³-hybridized carbons (Fsp3) is 0.429. The van der Waals surface area contributed by atoms with Crippen molar-refractivity contribution in [2.45, 2.75) is 52.4 Å². The van der Waals surface area contributed by atoms with Gasteiger partial charge >= 0.3 is 0 Å². The van der Waals surface area contributed by atoms with E-state index in [1.165, 1.54) is 59.9 Å². The molecular weight excluding hydrogens is 252 g/mol. The Hall–Kier alpha value is -1.56. The Labute approximate surface area is 129 Å². The fourth-order valence-electron chi connectivity index (χ4n) is 3.38. The van der Waals surface area contributed by atoms with Crippen LogP contribution in [0.5, 0.6) is 0 Å². The maximum atomic E-state index is 2.43. The largest absolute Gasteiger partial charge is 0.0628 e. The van der Waals surface area contributed by atoms with Crippen LogP contribution in [-0.4, -0.2) is 0 Å². The molecule has 0 saturated carbocycles. The molecule has 110 valence electrons. The molecule has 3 rings (SSSR count). The van der Waals surface area contributed by atoms with Gasteiger partial charge in [0.1, 0.15) is 0 Å². The lowest BCUT2D eigenvalue weighted by Crippen LogP contribution is -1.90. The zero-order valence-electron chi connectivity index (χ0n) is 13.4. The summed E-state index contributed by atoms with van der Waals surface area (Å²) in [6, 6.07) is 16.0. The Bertz CT molecular complexity index is 607. The van der Waals surface area contributed by atoms with Crippen molar-refractivity contribution < 1.29 is 0 Å². The summed E-state index contributed by atoms with van der Waals surface area (Å²) >= 11 is 0. The molecule has 2 aromatic rings. The van der Waals surface area contributed by atoms with Gasteiger partial charge in [-0.15, -0.1) is 0 Å². The Balaban J connectivity index is 1.62. The fourth-order valence-corrected chi connectivity index (χ4v) is 3.38. The van der Waals surface area contributed by atoms with Crippen molar-refractivity contribution in [1.82, 2.24) is 0 Å². The average Bonchev–Trinajstić information content (AvgIpc) is 2.84. The predicted octanol–water partition coefficient (Wildman–Crippen LogP) is 6.02. The highest BCUT2D eigenvalue weighted by Crippen LogP contribution is 2.37. The molecule has 0 atom stereocenters. The first-order valence-corrected chi connectivity index (χ1v) is 8.44. The Kier molecular flexibility index (Phi) is 4.43. The second kappa shape index (κ2) is 6.47. The van der Waals surface area contributed by atoms with E-state index in [4.69, 9.17) is 0 Å². The van der Waals surface area contributed by atoms with Crippen LogP contribution in [0.3, 0.4) is 0 Å². The second-order valence-electron chi connectivity index (χ2n) is 6.82. The summed E-state index contributed by atoms with van der Waals surface area (Å²) in [4.78, 5) is 0. The molecule has 0 spiro atoms. The zero-order valence-corrected chi connectivity index (χ0v) is 13.4. The third-order valence-corrected chi connectivity index (χ3v) is 4.61. The van der Waals surface area contributed by atoms with Gasteiger partial charge in [-0.25, -0.2) is 0 Å². The Morgan fingerprint density at radius 2 is 1.67 bits per heavy atom. The van der Waals surface area contributed by atoms with Crippen molar-refractivity contribution in [3.8, 4) is 11.1 Å². The minimum absolute atomic E-state index is 0.849. The molecule has 0 bridgehead atoms. The van der Waals surface area contributed by atoms with Gasteiger partial charge < -0.3 is 0 Å². The molecule has 0 radical (unpaired) electrons. The third-order valence-electron chi connectivity index (χ3n) is 4.61. The number of hydrogen-bond acceptors (Lipinski definition) is 0. The van der Waals surface area contributed by atoms with E-state index in [0.717, 1.165) is 12.3 Å². The highest BCUT2D eigenvalue weighted by molar-refractivity contribution is 5.77. The van der Waals surface area contributed by atoms with Crippen LogP contribution >= 0.6 is 0 Å². The highest BCUT2D eigenvalue weighted by atomic mass is 14.2. The monoisotopic (exact) mass is 278 g/mol. The van der Waals surface area contributed by atoms with Gasteiger partial charge in [-0.05, 0) is 53.0 Å². The minimum atomic E-state index is 0.849. The van der Waals surface area contributed by atoms with Crippen molar-refractivity contribution in [1.29, 1.82) is 0 Å². The summed E-state index contributed by atoms with van der Waals surface area (Å²) in [5, 5.41) is 0. The molecule has 0 nitrogen and oxygen atoms in total. The van der Waals surface area contributed by atoms with Crippen molar-refractivity contribution in [2.24, 2.45) is 5.92 Å². The van der Waals surface area contributed by atoms with E-state index in [-0.39, 0.29) is 0 Å². The van der Waals surface area contributed by atoms with Gasteiger partial charge in [-0.1, -0.05) is 75.6 Å². The molecule has 2 aromatic carbocycles. The molecular formula is C21H26. The van der Waals surface area contributed by atoms with Crippen LogP contribution in [0.15, 0.2) is 42.5 Å². The van der Waals surface area contributed by atoms with Crippen LogP contribution in [0.25, 0.3) is 11.1 Å². The lowest BCUT2D eigenvalue weighted by Gasteiger charge is -2.07. The van der Waals surface area contributed by atoms with Gasteiger partial charge in [-0.3, -0.25) is 0 Å².